The zero-order valence-corrected chi connectivity index (χ0v) is 37.5. The topological polar surface area (TPSA) is 189 Å². The molecule has 56 heavy (non-hydrogen) atoms. The van der Waals surface area contributed by atoms with Crippen LogP contribution in [0.25, 0.3) is 0 Å². The summed E-state index contributed by atoms with van der Waals surface area (Å²) < 4.78 is 37.9. The second-order valence-corrected chi connectivity index (χ2v) is 19.0. The van der Waals surface area contributed by atoms with Crippen molar-refractivity contribution in [2.75, 3.05) is 39.8 Å². The summed E-state index contributed by atoms with van der Waals surface area (Å²) >= 11 is 1.74. The molecule has 0 aliphatic carbocycles. The van der Waals surface area contributed by atoms with E-state index >= 15 is 0 Å². The lowest BCUT2D eigenvalue weighted by Crippen LogP contribution is -2.62. The average Bonchev–Trinajstić information content (AvgIpc) is 3.12. The molecule has 0 aromatic heterocycles. The van der Waals surface area contributed by atoms with Gasteiger partial charge in [-0.15, -0.1) is 0 Å². The molecular formula is C41H78N2O12S. The van der Waals surface area contributed by atoms with Gasteiger partial charge in [0.25, 0.3) is 0 Å². The number of thioether (sulfide) groups is 1. The predicted octanol–water partition coefficient (Wildman–Crippen LogP) is 2.93. The number of ether oxygens (including phenoxy) is 6. The van der Waals surface area contributed by atoms with Crippen molar-refractivity contribution in [2.24, 2.45) is 23.7 Å². The van der Waals surface area contributed by atoms with E-state index in [-0.39, 0.29) is 43.4 Å². The first-order valence-corrected chi connectivity index (χ1v) is 22.1. The summed E-state index contributed by atoms with van der Waals surface area (Å²) in [5, 5.41) is 63.0. The highest BCUT2D eigenvalue weighted by Gasteiger charge is 2.53. The minimum absolute atomic E-state index is 0.131. The number of nitrogens with zero attached hydrogens (tertiary/aromatic N) is 1. The molecule has 3 fully saturated rings. The van der Waals surface area contributed by atoms with Gasteiger partial charge < -0.3 is 64.2 Å². The molecule has 6 N–H and O–H groups in total. The number of likely N-dealkylation sites (N-methyl/N-ethyl adjacent to an activating group) is 1. The maximum absolute atomic E-state index is 14.3. The number of aliphatic hydroxyl groups is 5. The quantitative estimate of drug-likeness (QED) is 0.125. The normalized spacial score (nSPS) is 47.7. The van der Waals surface area contributed by atoms with Crippen LogP contribution in [0.4, 0.5) is 0 Å². The number of carbonyl (C=O) groups is 1. The van der Waals surface area contributed by atoms with Crippen molar-refractivity contribution in [2.45, 2.75) is 192 Å². The summed E-state index contributed by atoms with van der Waals surface area (Å²) in [7, 11) is 5.29. The van der Waals surface area contributed by atoms with E-state index in [1.807, 2.05) is 52.9 Å². The predicted molar refractivity (Wildman–Crippen MR) is 216 cm³/mol. The van der Waals surface area contributed by atoms with Crippen LogP contribution in [0, 0.1) is 23.7 Å². The molecule has 0 aromatic rings. The zero-order valence-electron chi connectivity index (χ0n) is 36.6. The molecule has 19 atom stereocenters. The molecule has 0 aromatic carbocycles. The van der Waals surface area contributed by atoms with E-state index in [0.717, 1.165) is 12.2 Å². The van der Waals surface area contributed by atoms with E-state index in [1.165, 1.54) is 14.0 Å². The third kappa shape index (κ3) is 11.6. The first-order chi connectivity index (χ1) is 26.0. The molecule has 3 saturated heterocycles. The van der Waals surface area contributed by atoms with Gasteiger partial charge in [-0.2, -0.15) is 11.8 Å². The van der Waals surface area contributed by atoms with E-state index in [0.29, 0.717) is 13.0 Å². The lowest BCUT2D eigenvalue weighted by molar-refractivity contribution is -0.318. The van der Waals surface area contributed by atoms with Gasteiger partial charge in [-0.05, 0) is 106 Å². The molecule has 330 valence electrons. The second-order valence-electron chi connectivity index (χ2n) is 18.0. The molecule has 8 unspecified atom stereocenters. The summed E-state index contributed by atoms with van der Waals surface area (Å²) in [6.45, 7) is 18.4. The summed E-state index contributed by atoms with van der Waals surface area (Å²) in [4.78, 5) is 16.3. The van der Waals surface area contributed by atoms with Crippen LogP contribution in [0.3, 0.4) is 0 Å². The minimum Gasteiger partial charge on any atom is -0.459 e. The van der Waals surface area contributed by atoms with Crippen molar-refractivity contribution in [3.63, 3.8) is 0 Å². The van der Waals surface area contributed by atoms with Crippen LogP contribution in [0.2, 0.25) is 0 Å². The van der Waals surface area contributed by atoms with Crippen LogP contribution in [-0.2, 0) is 33.2 Å². The lowest BCUT2D eigenvalue weighted by Gasteiger charge is -2.49. The van der Waals surface area contributed by atoms with Gasteiger partial charge in [0.15, 0.2) is 12.6 Å². The summed E-state index contributed by atoms with van der Waals surface area (Å²) in [6.07, 6.45) is -5.48. The third-order valence-corrected chi connectivity index (χ3v) is 13.7. The smallest absolute Gasteiger partial charge is 0.311 e. The number of esters is 1. The maximum atomic E-state index is 14.3. The van der Waals surface area contributed by atoms with E-state index in [1.54, 1.807) is 46.4 Å². The Balaban J connectivity index is 2.21. The zero-order chi connectivity index (χ0) is 42.5. The van der Waals surface area contributed by atoms with Crippen LogP contribution in [-0.4, -0.2) is 166 Å². The van der Waals surface area contributed by atoms with Gasteiger partial charge >= 0.3 is 5.97 Å². The monoisotopic (exact) mass is 823 g/mol. The molecule has 3 aliphatic rings. The second kappa shape index (κ2) is 20.7. The highest BCUT2D eigenvalue weighted by Crippen LogP contribution is 2.41. The van der Waals surface area contributed by atoms with Crippen molar-refractivity contribution in [1.29, 1.82) is 0 Å². The Labute approximate surface area is 341 Å². The van der Waals surface area contributed by atoms with E-state index in [2.05, 4.69) is 5.32 Å². The Morgan fingerprint density at radius 2 is 1.59 bits per heavy atom. The van der Waals surface area contributed by atoms with Gasteiger partial charge in [-0.25, -0.2) is 0 Å². The Kier molecular flexibility index (Phi) is 18.4. The number of methoxy groups -OCH3 is 1. The van der Waals surface area contributed by atoms with Crippen molar-refractivity contribution in [3.8, 4) is 0 Å². The molecule has 3 heterocycles. The van der Waals surface area contributed by atoms with Crippen LogP contribution in [0.5, 0.6) is 0 Å². The number of aliphatic hydroxyl groups excluding tert-OH is 3. The number of cyclic esters (lactones) is 1. The SMILES string of the molecule is CC[C@H]1OC(=O)[C@H](C)[C@@H](OC2CC(C)(OC)C(O)C(C)O2)[C@H](C)[C@@H](OC2OC(C)CC(N(C)C)C2O)[C@](C)(O)C[C@@H](C)[C@H](NCCCSC)[C@H](C)[C@@H](O)[C@]1(C)O. The number of rotatable bonds is 12. The first kappa shape index (κ1) is 49.7. The van der Waals surface area contributed by atoms with Crippen molar-refractivity contribution in [3.05, 3.63) is 0 Å². The number of hydrogen-bond acceptors (Lipinski definition) is 15. The van der Waals surface area contributed by atoms with Gasteiger partial charge in [0, 0.05) is 37.5 Å². The van der Waals surface area contributed by atoms with Gasteiger partial charge in [0.1, 0.15) is 23.9 Å². The molecule has 0 radical (unpaired) electrons. The standard InChI is InChI=1S/C41H78N2O12S/c1-15-29-41(10,49)34(45)24(4)31(42-17-16-18-56-14)22(2)20-39(8,48)36(55-38-32(44)28(43(11)12)19-23(3)51-38)25(5)33(26(6)37(47)53-29)54-30-21-40(9,50-13)35(46)27(7)52-30/h22-36,38,42,44-46,48-49H,15-21H2,1-14H3/t22-,23?,24+,25+,26-,27?,28?,29-,30?,31+,32?,33+,34-,35?,36-,38?,39-,40?,41-/m1/s1. The van der Waals surface area contributed by atoms with Crippen molar-refractivity contribution in [1.82, 2.24) is 10.2 Å². The van der Waals surface area contributed by atoms with Gasteiger partial charge in [0.2, 0.25) is 0 Å². The van der Waals surface area contributed by atoms with Crippen LogP contribution < -0.4 is 5.32 Å². The number of hydrogen-bond donors (Lipinski definition) is 6. The van der Waals surface area contributed by atoms with Gasteiger partial charge in [-0.3, -0.25) is 4.79 Å². The lowest BCUT2D eigenvalue weighted by atomic mass is 9.72. The average molecular weight is 823 g/mol. The number of carbonyl (C=O) groups excluding carboxylic acids is 1. The third-order valence-electron chi connectivity index (χ3n) is 13.0. The summed E-state index contributed by atoms with van der Waals surface area (Å²) in [6, 6.07) is -0.665. The fourth-order valence-electron chi connectivity index (χ4n) is 9.48. The fraction of sp³-hybridized carbons (Fsp3) is 0.976. The maximum Gasteiger partial charge on any atom is 0.311 e. The van der Waals surface area contributed by atoms with Crippen LogP contribution in [0.1, 0.15) is 101 Å². The first-order valence-electron chi connectivity index (χ1n) is 20.7. The summed E-state index contributed by atoms with van der Waals surface area (Å²) in [5.41, 5.74) is -4.47. The van der Waals surface area contributed by atoms with E-state index in [4.69, 9.17) is 28.4 Å². The Bertz CT molecular complexity index is 1220. The van der Waals surface area contributed by atoms with Gasteiger partial charge in [0.05, 0.1) is 47.6 Å². The van der Waals surface area contributed by atoms with Crippen LogP contribution in [0.15, 0.2) is 0 Å². The van der Waals surface area contributed by atoms with Crippen molar-refractivity contribution < 1.29 is 58.7 Å². The highest BCUT2D eigenvalue weighted by atomic mass is 32.2. The molecule has 15 heteroatoms. The summed E-state index contributed by atoms with van der Waals surface area (Å²) in [5.74, 6) is -2.33. The molecular weight excluding hydrogens is 745 g/mol. The molecule has 14 nitrogen and oxygen atoms in total. The Hall–Kier alpha value is -0.660. The molecule has 0 spiro atoms. The van der Waals surface area contributed by atoms with E-state index < -0.39 is 95.8 Å². The number of nitrogens with one attached hydrogen (secondary N) is 1. The van der Waals surface area contributed by atoms with E-state index in [9.17, 15) is 30.3 Å². The van der Waals surface area contributed by atoms with Crippen LogP contribution >= 0.6 is 11.8 Å². The fourth-order valence-corrected chi connectivity index (χ4v) is 9.91. The minimum atomic E-state index is -1.82. The Morgan fingerprint density at radius 3 is 2.16 bits per heavy atom. The van der Waals surface area contributed by atoms with Gasteiger partial charge in [-0.1, -0.05) is 27.7 Å². The Morgan fingerprint density at radius 1 is 0.946 bits per heavy atom. The van der Waals surface area contributed by atoms with Crippen molar-refractivity contribution >= 4 is 17.7 Å². The molecule has 3 rings (SSSR count). The molecule has 0 amide bonds. The highest BCUT2D eigenvalue weighted by molar-refractivity contribution is 7.98. The molecule has 0 saturated carbocycles. The molecule has 3 aliphatic heterocycles. The largest absolute Gasteiger partial charge is 0.459 e. The molecule has 0 bridgehead atoms.